The van der Waals surface area contributed by atoms with Crippen molar-refractivity contribution < 1.29 is 23.9 Å². The number of Topliss-reactive ketones (excluding diaryl/α,β-unsaturated/α-hetero) is 1. The molecule has 0 spiro atoms. The van der Waals surface area contributed by atoms with Gasteiger partial charge >= 0.3 is 5.97 Å². The number of amides is 1. The van der Waals surface area contributed by atoms with E-state index in [2.05, 4.69) is 10.1 Å². The molecule has 1 amide bonds. The summed E-state index contributed by atoms with van der Waals surface area (Å²) < 4.78 is 9.95. The van der Waals surface area contributed by atoms with Gasteiger partial charge in [-0.25, -0.2) is 4.79 Å². The van der Waals surface area contributed by atoms with Crippen LogP contribution in [-0.4, -0.2) is 31.4 Å². The smallest absolute Gasteiger partial charge is 0.337 e. The van der Waals surface area contributed by atoms with Gasteiger partial charge < -0.3 is 14.8 Å². The first-order valence-corrected chi connectivity index (χ1v) is 7.21. The Balaban J connectivity index is 1.86. The van der Waals surface area contributed by atoms with E-state index in [4.69, 9.17) is 4.74 Å². The zero-order valence-corrected chi connectivity index (χ0v) is 13.4. The predicted molar refractivity (Wildman–Crippen MR) is 88.4 cm³/mol. The maximum absolute atomic E-state index is 11.8. The fourth-order valence-electron chi connectivity index (χ4n) is 1.94. The number of hydrogen-bond acceptors (Lipinski definition) is 5. The average molecular weight is 327 g/mol. The molecule has 2 aromatic carbocycles. The Labute approximate surface area is 139 Å². The first kappa shape index (κ1) is 17.2. The molecule has 0 saturated carbocycles. The van der Waals surface area contributed by atoms with Gasteiger partial charge in [0, 0.05) is 11.3 Å². The second kappa shape index (κ2) is 7.92. The molecule has 2 aromatic rings. The molecule has 0 aromatic heterocycles. The van der Waals surface area contributed by atoms with Crippen molar-refractivity contribution in [3.63, 3.8) is 0 Å². The van der Waals surface area contributed by atoms with Gasteiger partial charge in [-0.05, 0) is 55.5 Å². The highest BCUT2D eigenvalue weighted by Gasteiger charge is 2.07. The van der Waals surface area contributed by atoms with E-state index in [1.54, 1.807) is 48.5 Å². The summed E-state index contributed by atoms with van der Waals surface area (Å²) in [6.45, 7) is 1.30. The lowest BCUT2D eigenvalue weighted by Gasteiger charge is -2.08. The molecule has 0 saturated heterocycles. The molecule has 0 bridgehead atoms. The van der Waals surface area contributed by atoms with E-state index in [1.807, 2.05) is 0 Å². The molecule has 0 aliphatic rings. The quantitative estimate of drug-likeness (QED) is 0.651. The largest absolute Gasteiger partial charge is 0.484 e. The zero-order chi connectivity index (χ0) is 17.5. The minimum absolute atomic E-state index is 0.0355. The molecular weight excluding hydrogens is 310 g/mol. The summed E-state index contributed by atoms with van der Waals surface area (Å²) in [5.41, 5.74) is 1.56. The Morgan fingerprint density at radius 2 is 1.50 bits per heavy atom. The Hall–Kier alpha value is -3.15. The highest BCUT2D eigenvalue weighted by atomic mass is 16.5. The molecule has 6 heteroatoms. The van der Waals surface area contributed by atoms with E-state index in [0.717, 1.165) is 0 Å². The SMILES string of the molecule is COC(=O)c1ccc(OCC(=O)Nc2ccc(C(C)=O)cc2)cc1. The van der Waals surface area contributed by atoms with Crippen molar-refractivity contribution in [2.24, 2.45) is 0 Å². The molecule has 0 heterocycles. The van der Waals surface area contributed by atoms with Crippen LogP contribution in [-0.2, 0) is 9.53 Å². The van der Waals surface area contributed by atoms with E-state index in [-0.39, 0.29) is 18.3 Å². The van der Waals surface area contributed by atoms with Crippen LogP contribution in [0.4, 0.5) is 5.69 Å². The Kier molecular flexibility index (Phi) is 5.68. The number of rotatable bonds is 6. The van der Waals surface area contributed by atoms with Crippen LogP contribution in [0.25, 0.3) is 0 Å². The van der Waals surface area contributed by atoms with Gasteiger partial charge in [-0.1, -0.05) is 0 Å². The standard InChI is InChI=1S/C18H17NO5/c1-12(20)13-3-7-15(8-4-13)19-17(21)11-24-16-9-5-14(6-10-16)18(22)23-2/h3-10H,11H2,1-2H3,(H,19,21). The maximum atomic E-state index is 11.8. The second-order valence-electron chi connectivity index (χ2n) is 4.99. The van der Waals surface area contributed by atoms with Crippen molar-refractivity contribution in [3.8, 4) is 5.75 Å². The minimum atomic E-state index is -0.437. The van der Waals surface area contributed by atoms with Gasteiger partial charge in [0.15, 0.2) is 12.4 Å². The molecule has 1 N–H and O–H groups in total. The summed E-state index contributed by atoms with van der Waals surface area (Å²) in [7, 11) is 1.31. The summed E-state index contributed by atoms with van der Waals surface area (Å²) >= 11 is 0. The van der Waals surface area contributed by atoms with Crippen LogP contribution < -0.4 is 10.1 Å². The van der Waals surface area contributed by atoms with Gasteiger partial charge in [0.25, 0.3) is 5.91 Å². The molecular formula is C18H17NO5. The number of ketones is 1. The van der Waals surface area contributed by atoms with E-state index < -0.39 is 5.97 Å². The van der Waals surface area contributed by atoms with Gasteiger partial charge in [0.2, 0.25) is 0 Å². The average Bonchev–Trinajstić information content (AvgIpc) is 2.60. The lowest BCUT2D eigenvalue weighted by Crippen LogP contribution is -2.20. The molecule has 2 rings (SSSR count). The first-order valence-electron chi connectivity index (χ1n) is 7.21. The Morgan fingerprint density at radius 1 is 0.917 bits per heavy atom. The van der Waals surface area contributed by atoms with E-state index in [1.165, 1.54) is 14.0 Å². The van der Waals surface area contributed by atoms with Crippen LogP contribution in [0.15, 0.2) is 48.5 Å². The first-order chi connectivity index (χ1) is 11.5. The number of carbonyl (C=O) groups excluding carboxylic acids is 3. The van der Waals surface area contributed by atoms with Gasteiger partial charge in [0.05, 0.1) is 12.7 Å². The van der Waals surface area contributed by atoms with Crippen LogP contribution in [0.2, 0.25) is 0 Å². The number of nitrogens with one attached hydrogen (secondary N) is 1. The number of carbonyl (C=O) groups is 3. The maximum Gasteiger partial charge on any atom is 0.337 e. The summed E-state index contributed by atoms with van der Waals surface area (Å²) in [4.78, 5) is 34.3. The number of methoxy groups -OCH3 is 1. The van der Waals surface area contributed by atoms with Crippen molar-refractivity contribution in [3.05, 3.63) is 59.7 Å². The third-order valence-corrected chi connectivity index (χ3v) is 3.22. The van der Waals surface area contributed by atoms with Gasteiger partial charge in [-0.2, -0.15) is 0 Å². The normalized spacial score (nSPS) is 9.92. The Bertz CT molecular complexity index is 735. The number of esters is 1. The molecule has 0 aliphatic heterocycles. The molecule has 0 radical (unpaired) electrons. The summed E-state index contributed by atoms with van der Waals surface area (Å²) in [5.74, 6) is -0.340. The highest BCUT2D eigenvalue weighted by Crippen LogP contribution is 2.13. The third-order valence-electron chi connectivity index (χ3n) is 3.22. The molecule has 0 fully saturated rings. The zero-order valence-electron chi connectivity index (χ0n) is 13.4. The summed E-state index contributed by atoms with van der Waals surface area (Å²) in [5, 5.41) is 2.67. The van der Waals surface area contributed by atoms with Crippen molar-refractivity contribution >= 4 is 23.3 Å². The van der Waals surface area contributed by atoms with Crippen LogP contribution in [0, 0.1) is 0 Å². The Morgan fingerprint density at radius 3 is 2.04 bits per heavy atom. The molecule has 24 heavy (non-hydrogen) atoms. The topological polar surface area (TPSA) is 81.7 Å². The minimum Gasteiger partial charge on any atom is -0.484 e. The van der Waals surface area contributed by atoms with Crippen LogP contribution in [0.1, 0.15) is 27.6 Å². The molecule has 0 unspecified atom stereocenters. The van der Waals surface area contributed by atoms with Crippen LogP contribution >= 0.6 is 0 Å². The summed E-state index contributed by atoms with van der Waals surface area (Å²) in [6, 6.07) is 12.9. The lowest BCUT2D eigenvalue weighted by atomic mass is 10.1. The van der Waals surface area contributed by atoms with Crippen molar-refractivity contribution in [1.82, 2.24) is 0 Å². The van der Waals surface area contributed by atoms with Gasteiger partial charge in [-0.3, -0.25) is 9.59 Å². The number of anilines is 1. The number of ether oxygens (including phenoxy) is 2. The fourth-order valence-corrected chi connectivity index (χ4v) is 1.94. The number of benzene rings is 2. The fraction of sp³-hybridized carbons (Fsp3) is 0.167. The van der Waals surface area contributed by atoms with Gasteiger partial charge in [0.1, 0.15) is 5.75 Å². The molecule has 124 valence electrons. The predicted octanol–water partition coefficient (Wildman–Crippen LogP) is 2.69. The van der Waals surface area contributed by atoms with E-state index >= 15 is 0 Å². The van der Waals surface area contributed by atoms with Crippen LogP contribution in [0.3, 0.4) is 0 Å². The highest BCUT2D eigenvalue weighted by molar-refractivity contribution is 5.96. The van der Waals surface area contributed by atoms with E-state index in [0.29, 0.717) is 22.6 Å². The molecule has 0 aliphatic carbocycles. The van der Waals surface area contributed by atoms with Gasteiger partial charge in [-0.15, -0.1) is 0 Å². The van der Waals surface area contributed by atoms with Crippen molar-refractivity contribution in [2.75, 3.05) is 19.0 Å². The molecule has 6 nitrogen and oxygen atoms in total. The summed E-state index contributed by atoms with van der Waals surface area (Å²) in [6.07, 6.45) is 0. The van der Waals surface area contributed by atoms with Crippen molar-refractivity contribution in [2.45, 2.75) is 6.92 Å². The van der Waals surface area contributed by atoms with Crippen molar-refractivity contribution in [1.29, 1.82) is 0 Å². The van der Waals surface area contributed by atoms with Crippen LogP contribution in [0.5, 0.6) is 5.75 Å². The molecule has 0 atom stereocenters. The third kappa shape index (κ3) is 4.67. The lowest BCUT2D eigenvalue weighted by molar-refractivity contribution is -0.118. The monoisotopic (exact) mass is 327 g/mol. The number of hydrogen-bond donors (Lipinski definition) is 1. The van der Waals surface area contributed by atoms with E-state index in [9.17, 15) is 14.4 Å². The second-order valence-corrected chi connectivity index (χ2v) is 4.99.